The van der Waals surface area contributed by atoms with E-state index in [2.05, 4.69) is 27.2 Å². The van der Waals surface area contributed by atoms with E-state index < -0.39 is 0 Å². The Balaban J connectivity index is 1.46. The van der Waals surface area contributed by atoms with Gasteiger partial charge in [-0.15, -0.1) is 0 Å². The fourth-order valence-corrected chi connectivity index (χ4v) is 3.50. The van der Waals surface area contributed by atoms with Crippen molar-refractivity contribution in [3.05, 3.63) is 40.8 Å². The van der Waals surface area contributed by atoms with Crippen molar-refractivity contribution < 1.29 is 4.79 Å². The van der Waals surface area contributed by atoms with Crippen LogP contribution in [0.2, 0.25) is 0 Å². The van der Waals surface area contributed by atoms with E-state index in [4.69, 9.17) is 0 Å². The minimum absolute atomic E-state index is 0.0594. The predicted octanol–water partition coefficient (Wildman–Crippen LogP) is 2.88. The monoisotopic (exact) mass is 304 g/mol. The van der Waals surface area contributed by atoms with E-state index in [1.165, 1.54) is 5.56 Å². The Labute approximate surface area is 128 Å². The Morgan fingerprint density at radius 3 is 3.24 bits per heavy atom. The van der Waals surface area contributed by atoms with Crippen LogP contribution in [0.1, 0.15) is 30.9 Å². The predicted molar refractivity (Wildman–Crippen MR) is 83.2 cm³/mol. The largest absolute Gasteiger partial charge is 0.338 e. The molecule has 3 heterocycles. The lowest BCUT2D eigenvalue weighted by Gasteiger charge is -2.24. The molecule has 6 heteroatoms. The van der Waals surface area contributed by atoms with Gasteiger partial charge < -0.3 is 10.2 Å². The maximum atomic E-state index is 12.3. The number of amides is 2. The molecule has 5 nitrogen and oxygen atoms in total. The summed E-state index contributed by atoms with van der Waals surface area (Å²) in [7, 11) is 0. The van der Waals surface area contributed by atoms with E-state index >= 15 is 0 Å². The number of carbonyl (C=O) groups is 1. The van der Waals surface area contributed by atoms with Gasteiger partial charge in [-0.25, -0.2) is 4.79 Å². The van der Waals surface area contributed by atoms with Gasteiger partial charge in [0.15, 0.2) is 0 Å². The molecule has 1 aliphatic rings. The lowest BCUT2D eigenvalue weighted by atomic mass is 10.1. The number of hydrogen-bond donors (Lipinski definition) is 1. The molecule has 0 bridgehead atoms. The lowest BCUT2D eigenvalue weighted by Crippen LogP contribution is -2.40. The standard InChI is InChI=1S/C15H20N4OS/c20-15(16-6-2-8-18-9-3-7-17-18)19-10-1-4-14(19)13-5-11-21-12-13/h3,5,7,9,11-12,14H,1-2,4,6,8,10H2,(H,16,20)/t14-/m1/s1. The molecule has 112 valence electrons. The van der Waals surface area contributed by atoms with Crippen molar-refractivity contribution in [1.82, 2.24) is 20.0 Å². The Morgan fingerprint density at radius 1 is 1.52 bits per heavy atom. The highest BCUT2D eigenvalue weighted by molar-refractivity contribution is 7.07. The van der Waals surface area contributed by atoms with Crippen LogP contribution in [0.25, 0.3) is 0 Å². The minimum Gasteiger partial charge on any atom is -0.338 e. The van der Waals surface area contributed by atoms with E-state index in [1.807, 2.05) is 21.8 Å². The number of aromatic nitrogens is 2. The first-order chi connectivity index (χ1) is 10.3. The maximum Gasteiger partial charge on any atom is 0.317 e. The molecule has 21 heavy (non-hydrogen) atoms. The molecule has 0 spiro atoms. The molecule has 1 fully saturated rings. The van der Waals surface area contributed by atoms with Crippen LogP contribution < -0.4 is 5.32 Å². The van der Waals surface area contributed by atoms with Crippen LogP contribution in [0.3, 0.4) is 0 Å². The highest BCUT2D eigenvalue weighted by Gasteiger charge is 2.29. The molecule has 0 unspecified atom stereocenters. The number of nitrogens with zero attached hydrogens (tertiary/aromatic N) is 3. The number of nitrogens with one attached hydrogen (secondary N) is 1. The minimum atomic E-state index is 0.0594. The van der Waals surface area contributed by atoms with Gasteiger partial charge in [0.2, 0.25) is 0 Å². The van der Waals surface area contributed by atoms with Crippen LogP contribution in [-0.2, 0) is 6.54 Å². The first-order valence-corrected chi connectivity index (χ1v) is 8.33. The summed E-state index contributed by atoms with van der Waals surface area (Å²) in [6.45, 7) is 2.37. The smallest absolute Gasteiger partial charge is 0.317 e. The number of hydrogen-bond acceptors (Lipinski definition) is 3. The van der Waals surface area contributed by atoms with Crippen molar-refractivity contribution >= 4 is 17.4 Å². The van der Waals surface area contributed by atoms with Gasteiger partial charge in [0, 0.05) is 32.0 Å². The van der Waals surface area contributed by atoms with Crippen molar-refractivity contribution in [1.29, 1.82) is 0 Å². The van der Waals surface area contributed by atoms with Gasteiger partial charge in [0.25, 0.3) is 0 Å². The van der Waals surface area contributed by atoms with Gasteiger partial charge in [-0.2, -0.15) is 16.4 Å². The molecule has 2 aromatic rings. The summed E-state index contributed by atoms with van der Waals surface area (Å²) in [6.07, 6.45) is 6.76. The van der Waals surface area contributed by atoms with Gasteiger partial charge in [0.1, 0.15) is 0 Å². The Hall–Kier alpha value is -1.82. The third-order valence-corrected chi connectivity index (χ3v) is 4.54. The van der Waals surface area contributed by atoms with Crippen LogP contribution >= 0.6 is 11.3 Å². The summed E-state index contributed by atoms with van der Waals surface area (Å²) in [5.74, 6) is 0. The van der Waals surface area contributed by atoms with Gasteiger partial charge >= 0.3 is 6.03 Å². The summed E-state index contributed by atoms with van der Waals surface area (Å²) in [5.41, 5.74) is 1.27. The molecule has 2 aromatic heterocycles. The zero-order valence-electron chi connectivity index (χ0n) is 11.9. The maximum absolute atomic E-state index is 12.3. The van der Waals surface area contributed by atoms with Crippen LogP contribution in [-0.4, -0.2) is 33.8 Å². The van der Waals surface area contributed by atoms with Crippen LogP contribution in [0.15, 0.2) is 35.3 Å². The second-order valence-electron chi connectivity index (χ2n) is 5.26. The molecule has 0 aliphatic carbocycles. The summed E-state index contributed by atoms with van der Waals surface area (Å²) in [5, 5.41) is 11.4. The molecule has 1 atom stereocenters. The van der Waals surface area contributed by atoms with Gasteiger partial charge in [0.05, 0.1) is 6.04 Å². The van der Waals surface area contributed by atoms with Crippen molar-refractivity contribution in [3.8, 4) is 0 Å². The zero-order valence-corrected chi connectivity index (χ0v) is 12.8. The van der Waals surface area contributed by atoms with Gasteiger partial charge in [-0.1, -0.05) is 0 Å². The molecule has 3 rings (SSSR count). The Bertz CT molecular complexity index is 552. The van der Waals surface area contributed by atoms with Crippen molar-refractivity contribution in [2.45, 2.75) is 31.8 Å². The molecule has 1 aliphatic heterocycles. The molecule has 1 saturated heterocycles. The summed E-state index contributed by atoms with van der Waals surface area (Å²) in [4.78, 5) is 14.3. The molecule has 0 radical (unpaired) electrons. The van der Waals surface area contributed by atoms with E-state index in [1.54, 1.807) is 17.5 Å². The third-order valence-electron chi connectivity index (χ3n) is 3.84. The number of aryl methyl sites for hydroxylation is 1. The number of likely N-dealkylation sites (tertiary alicyclic amines) is 1. The fourth-order valence-electron chi connectivity index (χ4n) is 2.79. The second-order valence-corrected chi connectivity index (χ2v) is 6.04. The number of carbonyl (C=O) groups excluding carboxylic acids is 1. The molecule has 0 saturated carbocycles. The summed E-state index contributed by atoms with van der Waals surface area (Å²) >= 11 is 1.69. The van der Waals surface area contributed by atoms with Gasteiger partial charge in [-0.3, -0.25) is 4.68 Å². The number of urea groups is 1. The normalized spacial score (nSPS) is 18.1. The summed E-state index contributed by atoms with van der Waals surface area (Å²) < 4.78 is 1.89. The van der Waals surface area contributed by atoms with Gasteiger partial charge in [-0.05, 0) is 47.7 Å². The van der Waals surface area contributed by atoms with E-state index in [-0.39, 0.29) is 12.1 Å². The van der Waals surface area contributed by atoms with E-state index in [0.29, 0.717) is 6.54 Å². The van der Waals surface area contributed by atoms with Crippen LogP contribution in [0.5, 0.6) is 0 Å². The first kappa shape index (κ1) is 14.1. The molecule has 0 aromatic carbocycles. The molecule has 1 N–H and O–H groups in total. The van der Waals surface area contributed by atoms with E-state index in [0.717, 1.165) is 32.4 Å². The zero-order chi connectivity index (χ0) is 14.5. The number of rotatable bonds is 5. The highest BCUT2D eigenvalue weighted by atomic mass is 32.1. The third kappa shape index (κ3) is 3.44. The Kier molecular flexibility index (Phi) is 4.55. The van der Waals surface area contributed by atoms with Crippen molar-refractivity contribution in [2.24, 2.45) is 0 Å². The quantitative estimate of drug-likeness (QED) is 0.864. The molecular formula is C15H20N4OS. The average Bonchev–Trinajstić information content (AvgIpc) is 3.24. The fraction of sp³-hybridized carbons (Fsp3) is 0.467. The van der Waals surface area contributed by atoms with Crippen LogP contribution in [0.4, 0.5) is 4.79 Å². The first-order valence-electron chi connectivity index (χ1n) is 7.38. The Morgan fingerprint density at radius 2 is 2.48 bits per heavy atom. The second kappa shape index (κ2) is 6.76. The lowest BCUT2D eigenvalue weighted by molar-refractivity contribution is 0.193. The van der Waals surface area contributed by atoms with Crippen molar-refractivity contribution in [2.75, 3.05) is 13.1 Å². The van der Waals surface area contributed by atoms with Crippen molar-refractivity contribution in [3.63, 3.8) is 0 Å². The van der Waals surface area contributed by atoms with Crippen LogP contribution in [0, 0.1) is 0 Å². The van der Waals surface area contributed by atoms with E-state index in [9.17, 15) is 4.79 Å². The SMILES string of the molecule is O=C(NCCCn1cccn1)N1CCC[C@@H]1c1ccsc1. The topological polar surface area (TPSA) is 50.2 Å². The summed E-state index contributed by atoms with van der Waals surface area (Å²) in [6, 6.07) is 4.35. The number of thiophene rings is 1. The highest BCUT2D eigenvalue weighted by Crippen LogP contribution is 2.32. The average molecular weight is 304 g/mol. The molecular weight excluding hydrogens is 284 g/mol. The molecule has 2 amide bonds.